The average Bonchev–Trinajstić information content (AvgIpc) is 2.50. The minimum atomic E-state index is 0.385. The van der Waals surface area contributed by atoms with Gasteiger partial charge in [-0.05, 0) is 25.2 Å². The molecule has 0 aromatic carbocycles. The van der Waals surface area contributed by atoms with Gasteiger partial charge in [-0.3, -0.25) is 0 Å². The molecule has 1 saturated heterocycles. The van der Waals surface area contributed by atoms with Crippen molar-refractivity contribution in [2.75, 3.05) is 13.7 Å². The molecular formula is C9H16O2. The first-order chi connectivity index (χ1) is 5.42. The maximum absolute atomic E-state index is 5.64. The standard InChI is InChI=1S/C9H16O2/c1-10-8-4-2-3-7-5-6-11-9(7)8/h7-9H,2-6H2,1H3. The predicted molar refractivity (Wildman–Crippen MR) is 42.5 cm³/mol. The summed E-state index contributed by atoms with van der Waals surface area (Å²) < 4.78 is 11.0. The minimum absolute atomic E-state index is 0.385. The van der Waals surface area contributed by atoms with Crippen LogP contribution in [-0.2, 0) is 9.47 Å². The van der Waals surface area contributed by atoms with E-state index in [0.29, 0.717) is 12.2 Å². The second-order valence-corrected chi connectivity index (χ2v) is 3.59. The molecular weight excluding hydrogens is 140 g/mol. The molecule has 2 aliphatic rings. The van der Waals surface area contributed by atoms with Crippen LogP contribution in [0, 0.1) is 5.92 Å². The molecule has 0 amide bonds. The molecule has 1 heterocycles. The smallest absolute Gasteiger partial charge is 0.0865 e. The third-order valence-corrected chi connectivity index (χ3v) is 3.00. The highest BCUT2D eigenvalue weighted by Crippen LogP contribution is 2.35. The normalized spacial score (nSPS) is 43.9. The van der Waals surface area contributed by atoms with Gasteiger partial charge in [-0.2, -0.15) is 0 Å². The Hall–Kier alpha value is -0.0800. The van der Waals surface area contributed by atoms with Gasteiger partial charge in [0.05, 0.1) is 12.2 Å². The van der Waals surface area contributed by atoms with Crippen molar-refractivity contribution in [2.45, 2.75) is 37.9 Å². The van der Waals surface area contributed by atoms with E-state index in [4.69, 9.17) is 9.47 Å². The van der Waals surface area contributed by atoms with Gasteiger partial charge < -0.3 is 9.47 Å². The van der Waals surface area contributed by atoms with Crippen molar-refractivity contribution in [3.63, 3.8) is 0 Å². The first-order valence-corrected chi connectivity index (χ1v) is 4.56. The van der Waals surface area contributed by atoms with Crippen molar-refractivity contribution in [1.29, 1.82) is 0 Å². The lowest BCUT2D eigenvalue weighted by Gasteiger charge is -2.31. The Morgan fingerprint density at radius 2 is 2.18 bits per heavy atom. The fourth-order valence-corrected chi connectivity index (χ4v) is 2.37. The van der Waals surface area contributed by atoms with E-state index in [1.807, 2.05) is 0 Å². The molecule has 0 radical (unpaired) electrons. The van der Waals surface area contributed by atoms with Crippen LogP contribution in [0.15, 0.2) is 0 Å². The number of methoxy groups -OCH3 is 1. The van der Waals surface area contributed by atoms with Gasteiger partial charge in [0.15, 0.2) is 0 Å². The van der Waals surface area contributed by atoms with Gasteiger partial charge in [0.2, 0.25) is 0 Å². The van der Waals surface area contributed by atoms with Gasteiger partial charge in [0.25, 0.3) is 0 Å². The molecule has 0 N–H and O–H groups in total. The molecule has 3 unspecified atom stereocenters. The Balaban J connectivity index is 2.00. The van der Waals surface area contributed by atoms with E-state index >= 15 is 0 Å². The minimum Gasteiger partial charge on any atom is -0.379 e. The first kappa shape index (κ1) is 7.56. The SMILES string of the molecule is COC1CCCC2CCOC21. The molecule has 0 spiro atoms. The van der Waals surface area contributed by atoms with Gasteiger partial charge in [-0.1, -0.05) is 6.42 Å². The number of ether oxygens (including phenoxy) is 2. The Labute approximate surface area is 67.9 Å². The van der Waals surface area contributed by atoms with Crippen LogP contribution in [0.3, 0.4) is 0 Å². The van der Waals surface area contributed by atoms with E-state index < -0.39 is 0 Å². The molecule has 2 rings (SSSR count). The van der Waals surface area contributed by atoms with E-state index in [0.717, 1.165) is 12.5 Å². The molecule has 1 aliphatic carbocycles. The summed E-state index contributed by atoms with van der Waals surface area (Å²) in [7, 11) is 1.80. The Morgan fingerprint density at radius 3 is 3.00 bits per heavy atom. The van der Waals surface area contributed by atoms with Crippen LogP contribution < -0.4 is 0 Å². The van der Waals surface area contributed by atoms with E-state index in [-0.39, 0.29) is 0 Å². The zero-order valence-corrected chi connectivity index (χ0v) is 7.08. The molecule has 2 heteroatoms. The lowest BCUT2D eigenvalue weighted by Crippen LogP contribution is -2.36. The van der Waals surface area contributed by atoms with Gasteiger partial charge >= 0.3 is 0 Å². The number of hydrogen-bond donors (Lipinski definition) is 0. The highest BCUT2D eigenvalue weighted by Gasteiger charge is 2.37. The van der Waals surface area contributed by atoms with Crippen LogP contribution in [0.4, 0.5) is 0 Å². The lowest BCUT2D eigenvalue weighted by atomic mass is 9.84. The second-order valence-electron chi connectivity index (χ2n) is 3.59. The van der Waals surface area contributed by atoms with Crippen LogP contribution in [0.1, 0.15) is 25.7 Å². The van der Waals surface area contributed by atoms with Crippen LogP contribution in [0.25, 0.3) is 0 Å². The summed E-state index contributed by atoms with van der Waals surface area (Å²) >= 11 is 0. The summed E-state index contributed by atoms with van der Waals surface area (Å²) in [5.74, 6) is 0.800. The van der Waals surface area contributed by atoms with Crippen molar-refractivity contribution in [3.8, 4) is 0 Å². The largest absolute Gasteiger partial charge is 0.379 e. The number of hydrogen-bond acceptors (Lipinski definition) is 2. The molecule has 2 fully saturated rings. The quantitative estimate of drug-likeness (QED) is 0.574. The summed E-state index contributed by atoms with van der Waals surface area (Å²) in [4.78, 5) is 0. The molecule has 11 heavy (non-hydrogen) atoms. The summed E-state index contributed by atoms with van der Waals surface area (Å²) in [6.45, 7) is 0.954. The first-order valence-electron chi connectivity index (χ1n) is 4.56. The van der Waals surface area contributed by atoms with Crippen molar-refractivity contribution in [1.82, 2.24) is 0 Å². The van der Waals surface area contributed by atoms with Gasteiger partial charge in [0, 0.05) is 13.7 Å². The molecule has 3 atom stereocenters. The molecule has 64 valence electrons. The molecule has 1 saturated carbocycles. The van der Waals surface area contributed by atoms with Crippen molar-refractivity contribution in [3.05, 3.63) is 0 Å². The lowest BCUT2D eigenvalue weighted by molar-refractivity contribution is -0.0615. The predicted octanol–water partition coefficient (Wildman–Crippen LogP) is 1.59. The summed E-state index contributed by atoms with van der Waals surface area (Å²) in [6, 6.07) is 0. The zero-order valence-electron chi connectivity index (χ0n) is 7.08. The van der Waals surface area contributed by atoms with Crippen LogP contribution in [-0.4, -0.2) is 25.9 Å². The zero-order chi connectivity index (χ0) is 7.68. The van der Waals surface area contributed by atoms with Gasteiger partial charge in [-0.15, -0.1) is 0 Å². The van der Waals surface area contributed by atoms with E-state index in [9.17, 15) is 0 Å². The summed E-state index contributed by atoms with van der Waals surface area (Å²) in [5.41, 5.74) is 0. The second kappa shape index (κ2) is 3.11. The monoisotopic (exact) mass is 156 g/mol. The maximum Gasteiger partial charge on any atom is 0.0865 e. The Morgan fingerprint density at radius 1 is 1.27 bits per heavy atom. The van der Waals surface area contributed by atoms with Crippen LogP contribution >= 0.6 is 0 Å². The fraction of sp³-hybridized carbons (Fsp3) is 1.00. The van der Waals surface area contributed by atoms with Crippen LogP contribution in [0.5, 0.6) is 0 Å². The summed E-state index contributed by atoms with van der Waals surface area (Å²) in [5, 5.41) is 0. The fourth-order valence-electron chi connectivity index (χ4n) is 2.37. The molecule has 0 aromatic heterocycles. The van der Waals surface area contributed by atoms with Crippen molar-refractivity contribution >= 4 is 0 Å². The highest BCUT2D eigenvalue weighted by molar-refractivity contribution is 4.87. The topological polar surface area (TPSA) is 18.5 Å². The molecule has 1 aliphatic heterocycles. The van der Waals surface area contributed by atoms with E-state index in [1.54, 1.807) is 7.11 Å². The summed E-state index contributed by atoms with van der Waals surface area (Å²) in [6.07, 6.45) is 5.93. The van der Waals surface area contributed by atoms with Crippen molar-refractivity contribution < 1.29 is 9.47 Å². The average molecular weight is 156 g/mol. The van der Waals surface area contributed by atoms with Crippen molar-refractivity contribution in [2.24, 2.45) is 5.92 Å². The highest BCUT2D eigenvalue weighted by atomic mass is 16.5. The third kappa shape index (κ3) is 1.30. The van der Waals surface area contributed by atoms with E-state index in [2.05, 4.69) is 0 Å². The molecule has 0 aromatic rings. The number of fused-ring (bicyclic) bond motifs is 1. The Bertz CT molecular complexity index is 136. The Kier molecular flexibility index (Phi) is 2.14. The third-order valence-electron chi connectivity index (χ3n) is 3.00. The van der Waals surface area contributed by atoms with Gasteiger partial charge in [-0.25, -0.2) is 0 Å². The van der Waals surface area contributed by atoms with E-state index in [1.165, 1.54) is 25.7 Å². The number of rotatable bonds is 1. The molecule has 2 nitrogen and oxygen atoms in total. The molecule has 0 bridgehead atoms. The maximum atomic E-state index is 5.64. The van der Waals surface area contributed by atoms with Gasteiger partial charge in [0.1, 0.15) is 0 Å². The van der Waals surface area contributed by atoms with Crippen LogP contribution in [0.2, 0.25) is 0 Å².